The van der Waals surface area contributed by atoms with Crippen molar-refractivity contribution in [2.75, 3.05) is 0 Å². The van der Waals surface area contributed by atoms with Crippen molar-refractivity contribution < 1.29 is 27.8 Å². The highest BCUT2D eigenvalue weighted by atomic mass is 19.4. The second kappa shape index (κ2) is 6.42. The van der Waals surface area contributed by atoms with E-state index in [2.05, 4.69) is 0 Å². The summed E-state index contributed by atoms with van der Waals surface area (Å²) in [7, 11) is 0. The van der Waals surface area contributed by atoms with E-state index < -0.39 is 24.2 Å². The predicted octanol–water partition coefficient (Wildman–Crippen LogP) is 4.09. The molecule has 1 aliphatic rings. The lowest BCUT2D eigenvalue weighted by Gasteiger charge is -2.36. The molecule has 1 aliphatic heterocycles. The van der Waals surface area contributed by atoms with Crippen molar-refractivity contribution in [1.29, 1.82) is 0 Å². The molecule has 0 saturated carbocycles. The molecule has 0 aromatic heterocycles. The van der Waals surface area contributed by atoms with Gasteiger partial charge in [0.05, 0.1) is 6.08 Å². The van der Waals surface area contributed by atoms with Crippen LogP contribution in [0.15, 0.2) is 42.2 Å². The number of rotatable bonds is 5. The number of aliphatic hydroxyl groups excluding tert-OH is 1. The Morgan fingerprint density at radius 3 is 2.45 bits per heavy atom. The number of carbonyl (C=O) groups excluding carboxylic acids is 1. The van der Waals surface area contributed by atoms with Crippen molar-refractivity contribution in [3.05, 3.63) is 47.7 Å². The van der Waals surface area contributed by atoms with Crippen molar-refractivity contribution in [3.8, 4) is 0 Å². The van der Waals surface area contributed by atoms with E-state index in [0.29, 0.717) is 6.42 Å². The summed E-state index contributed by atoms with van der Waals surface area (Å²) in [6.07, 6.45) is -4.20. The fraction of sp³-hybridized carbons (Fsp3) is 0.438. The molecule has 0 aliphatic carbocycles. The van der Waals surface area contributed by atoms with Crippen molar-refractivity contribution in [2.45, 2.75) is 43.9 Å². The summed E-state index contributed by atoms with van der Waals surface area (Å²) in [4.78, 5) is 11.5. The quantitative estimate of drug-likeness (QED) is 0.833. The normalized spacial score (nSPS) is 22.1. The van der Waals surface area contributed by atoms with E-state index in [4.69, 9.17) is 4.74 Å². The molecule has 0 bridgehead atoms. The zero-order chi connectivity index (χ0) is 16.2. The summed E-state index contributed by atoms with van der Waals surface area (Å²) >= 11 is 0. The summed E-state index contributed by atoms with van der Waals surface area (Å²) in [5.74, 6) is -1.02. The van der Waals surface area contributed by atoms with Crippen LogP contribution in [-0.2, 0) is 16.0 Å². The number of alkyl halides is 3. The van der Waals surface area contributed by atoms with Crippen molar-refractivity contribution in [2.24, 2.45) is 0 Å². The van der Waals surface area contributed by atoms with Gasteiger partial charge in [-0.3, -0.25) is 0 Å². The molecule has 6 heteroatoms. The molecular weight excluding hydrogens is 297 g/mol. The minimum absolute atomic E-state index is 0.0817. The fourth-order valence-corrected chi connectivity index (χ4v) is 2.59. The van der Waals surface area contributed by atoms with Gasteiger partial charge in [-0.15, -0.1) is 0 Å². The molecule has 1 N–H and O–H groups in total. The van der Waals surface area contributed by atoms with Crippen LogP contribution in [0.2, 0.25) is 0 Å². The summed E-state index contributed by atoms with van der Waals surface area (Å²) in [6.45, 7) is 0. The van der Waals surface area contributed by atoms with Gasteiger partial charge < -0.3 is 9.84 Å². The van der Waals surface area contributed by atoms with Crippen molar-refractivity contribution >= 4 is 5.97 Å². The Labute approximate surface area is 126 Å². The first-order valence-corrected chi connectivity index (χ1v) is 7.01. The average Bonchev–Trinajstić information content (AvgIpc) is 2.43. The van der Waals surface area contributed by atoms with Crippen LogP contribution in [0.5, 0.6) is 0 Å². The maximum atomic E-state index is 12.5. The van der Waals surface area contributed by atoms with Gasteiger partial charge in [0.1, 0.15) is 11.4 Å². The van der Waals surface area contributed by atoms with Gasteiger partial charge in [0, 0.05) is 12.8 Å². The zero-order valence-electron chi connectivity index (χ0n) is 11.9. The molecule has 3 nitrogen and oxygen atoms in total. The van der Waals surface area contributed by atoms with Gasteiger partial charge in [0.15, 0.2) is 0 Å². The highest BCUT2D eigenvalue weighted by Gasteiger charge is 2.41. The number of hydrogen-bond donors (Lipinski definition) is 1. The number of cyclic esters (lactones) is 1. The van der Waals surface area contributed by atoms with Crippen molar-refractivity contribution in [3.63, 3.8) is 0 Å². The first-order valence-electron chi connectivity index (χ1n) is 7.01. The molecule has 0 radical (unpaired) electrons. The number of halogens is 3. The molecule has 1 aromatic carbocycles. The van der Waals surface area contributed by atoms with Crippen LogP contribution in [0.1, 0.15) is 31.2 Å². The molecule has 0 fully saturated rings. The minimum Gasteiger partial charge on any atom is -0.512 e. The zero-order valence-corrected chi connectivity index (χ0v) is 11.9. The van der Waals surface area contributed by atoms with E-state index in [-0.39, 0.29) is 25.0 Å². The first-order chi connectivity index (χ1) is 10.3. The maximum Gasteiger partial charge on any atom is 0.389 e. The number of aliphatic hydroxyl groups is 1. The Bertz CT molecular complexity index is 552. The lowest BCUT2D eigenvalue weighted by atomic mass is 9.85. The molecule has 0 amide bonds. The monoisotopic (exact) mass is 314 g/mol. The third-order valence-electron chi connectivity index (χ3n) is 3.68. The molecule has 0 spiro atoms. The summed E-state index contributed by atoms with van der Waals surface area (Å²) in [5.41, 5.74) is -0.361. The Kier molecular flexibility index (Phi) is 4.78. The van der Waals surface area contributed by atoms with E-state index >= 15 is 0 Å². The van der Waals surface area contributed by atoms with E-state index in [1.807, 2.05) is 30.3 Å². The van der Waals surface area contributed by atoms with E-state index in [1.54, 1.807) is 0 Å². The number of benzene rings is 1. The van der Waals surface area contributed by atoms with E-state index in [9.17, 15) is 23.1 Å². The van der Waals surface area contributed by atoms with Gasteiger partial charge in [0.2, 0.25) is 0 Å². The molecular formula is C16H17F3O3. The fourth-order valence-electron chi connectivity index (χ4n) is 2.59. The lowest BCUT2D eigenvalue weighted by molar-refractivity contribution is -0.171. The largest absolute Gasteiger partial charge is 0.512 e. The molecule has 22 heavy (non-hydrogen) atoms. The summed E-state index contributed by atoms with van der Waals surface area (Å²) in [6, 6.07) is 9.23. The smallest absolute Gasteiger partial charge is 0.389 e. The van der Waals surface area contributed by atoms with Gasteiger partial charge in [-0.1, -0.05) is 30.3 Å². The molecule has 0 saturated heterocycles. The topological polar surface area (TPSA) is 46.5 Å². The highest BCUT2D eigenvalue weighted by Crippen LogP contribution is 2.37. The Morgan fingerprint density at radius 2 is 1.86 bits per heavy atom. The Balaban J connectivity index is 2.11. The number of carbonyl (C=O) groups is 1. The standard InChI is InChI=1S/C16H17F3O3/c17-16(18,19)9-8-15(11-13(20)10-14(21)22-15)7-6-12-4-2-1-3-5-12/h1-5,10,20H,6-9,11H2. The van der Waals surface area contributed by atoms with Gasteiger partial charge in [-0.05, 0) is 24.8 Å². The van der Waals surface area contributed by atoms with Crippen LogP contribution >= 0.6 is 0 Å². The van der Waals surface area contributed by atoms with Crippen LogP contribution in [0.3, 0.4) is 0 Å². The van der Waals surface area contributed by atoms with Crippen LogP contribution in [0.4, 0.5) is 13.2 Å². The van der Waals surface area contributed by atoms with Gasteiger partial charge in [-0.2, -0.15) is 13.2 Å². The second-order valence-electron chi connectivity index (χ2n) is 5.52. The highest BCUT2D eigenvalue weighted by molar-refractivity contribution is 5.83. The predicted molar refractivity (Wildman–Crippen MR) is 74.2 cm³/mol. The summed E-state index contributed by atoms with van der Waals surface area (Å²) in [5, 5.41) is 9.62. The molecule has 1 atom stereocenters. The number of ether oxygens (including phenoxy) is 1. The Hall–Kier alpha value is -1.98. The van der Waals surface area contributed by atoms with Gasteiger partial charge in [0.25, 0.3) is 0 Å². The number of hydrogen-bond acceptors (Lipinski definition) is 3. The third kappa shape index (κ3) is 4.79. The first kappa shape index (κ1) is 16.4. The third-order valence-corrected chi connectivity index (χ3v) is 3.68. The summed E-state index contributed by atoms with van der Waals surface area (Å²) < 4.78 is 42.7. The SMILES string of the molecule is O=C1C=C(O)CC(CCc2ccccc2)(CCC(F)(F)F)O1. The number of esters is 1. The molecule has 1 unspecified atom stereocenters. The molecule has 2 rings (SSSR count). The van der Waals surface area contributed by atoms with Crippen LogP contribution in [-0.4, -0.2) is 22.9 Å². The lowest BCUT2D eigenvalue weighted by Crippen LogP contribution is -2.40. The molecule has 1 heterocycles. The number of aryl methyl sites for hydroxylation is 1. The van der Waals surface area contributed by atoms with E-state index in [0.717, 1.165) is 11.6 Å². The Morgan fingerprint density at radius 1 is 1.18 bits per heavy atom. The van der Waals surface area contributed by atoms with Crippen LogP contribution in [0.25, 0.3) is 0 Å². The van der Waals surface area contributed by atoms with Crippen LogP contribution < -0.4 is 0 Å². The van der Waals surface area contributed by atoms with Crippen LogP contribution in [0, 0.1) is 0 Å². The van der Waals surface area contributed by atoms with Gasteiger partial charge in [-0.25, -0.2) is 4.79 Å². The second-order valence-corrected chi connectivity index (χ2v) is 5.52. The van der Waals surface area contributed by atoms with Crippen molar-refractivity contribution in [1.82, 2.24) is 0 Å². The average molecular weight is 314 g/mol. The van der Waals surface area contributed by atoms with E-state index in [1.165, 1.54) is 0 Å². The maximum absolute atomic E-state index is 12.5. The minimum atomic E-state index is -4.33. The molecule has 1 aromatic rings. The van der Waals surface area contributed by atoms with Gasteiger partial charge >= 0.3 is 12.1 Å². The molecule has 120 valence electrons.